The van der Waals surface area contributed by atoms with Crippen molar-refractivity contribution < 1.29 is 13.2 Å². The standard InChI is InChI=1S/C21H19F3N6S/c1-14-11-15(2)30(28-14)18-5-3-16(4-6-18)12-31-20-27-26-19(17-7-9-25-10-8-17)29(20)13-21(22,23)24/h3-11H,12-13H2,1-2H3. The molecule has 0 bridgehead atoms. The van der Waals surface area contributed by atoms with E-state index in [2.05, 4.69) is 20.3 Å². The lowest BCUT2D eigenvalue weighted by molar-refractivity contribution is -0.141. The highest BCUT2D eigenvalue weighted by Gasteiger charge is 2.31. The lowest BCUT2D eigenvalue weighted by atomic mass is 10.2. The Kier molecular flexibility index (Phi) is 5.81. The third kappa shape index (κ3) is 4.96. The molecule has 1 aromatic carbocycles. The predicted octanol–water partition coefficient (Wildman–Crippen LogP) is 5.00. The molecule has 4 rings (SSSR count). The van der Waals surface area contributed by atoms with Gasteiger partial charge in [-0.15, -0.1) is 10.2 Å². The second kappa shape index (κ2) is 8.54. The van der Waals surface area contributed by atoms with Crippen LogP contribution < -0.4 is 0 Å². The summed E-state index contributed by atoms with van der Waals surface area (Å²) in [6.45, 7) is 2.76. The number of aromatic nitrogens is 6. The van der Waals surface area contributed by atoms with Gasteiger partial charge < -0.3 is 0 Å². The van der Waals surface area contributed by atoms with Gasteiger partial charge in [0.1, 0.15) is 6.54 Å². The largest absolute Gasteiger partial charge is 0.406 e. The predicted molar refractivity (Wildman–Crippen MR) is 112 cm³/mol. The Morgan fingerprint density at radius 3 is 2.29 bits per heavy atom. The summed E-state index contributed by atoms with van der Waals surface area (Å²) in [6, 6.07) is 13.0. The third-order valence-electron chi connectivity index (χ3n) is 4.55. The van der Waals surface area contributed by atoms with Crippen molar-refractivity contribution in [3.8, 4) is 17.1 Å². The zero-order chi connectivity index (χ0) is 22.0. The molecule has 0 N–H and O–H groups in total. The quantitative estimate of drug-likeness (QED) is 0.392. The molecule has 0 aliphatic carbocycles. The molecule has 0 saturated heterocycles. The molecule has 160 valence electrons. The van der Waals surface area contributed by atoms with Crippen molar-refractivity contribution in [1.29, 1.82) is 0 Å². The Labute approximate surface area is 181 Å². The van der Waals surface area contributed by atoms with Gasteiger partial charge in [-0.25, -0.2) is 4.68 Å². The van der Waals surface area contributed by atoms with Gasteiger partial charge in [0.25, 0.3) is 0 Å². The number of aryl methyl sites for hydroxylation is 2. The number of rotatable bonds is 6. The van der Waals surface area contributed by atoms with Gasteiger partial charge in [-0.2, -0.15) is 18.3 Å². The van der Waals surface area contributed by atoms with Crippen LogP contribution in [-0.4, -0.2) is 35.7 Å². The Bertz CT molecular complexity index is 1170. The Balaban J connectivity index is 1.54. The van der Waals surface area contributed by atoms with Gasteiger partial charge in [0.05, 0.1) is 11.4 Å². The molecule has 0 fully saturated rings. The van der Waals surface area contributed by atoms with E-state index in [0.29, 0.717) is 11.3 Å². The van der Waals surface area contributed by atoms with Gasteiger partial charge in [-0.05, 0) is 49.7 Å². The molecular weight excluding hydrogens is 425 g/mol. The van der Waals surface area contributed by atoms with Gasteiger partial charge in [0.15, 0.2) is 11.0 Å². The minimum Gasteiger partial charge on any atom is -0.293 e. The van der Waals surface area contributed by atoms with Crippen LogP contribution in [0, 0.1) is 13.8 Å². The molecule has 10 heteroatoms. The summed E-state index contributed by atoms with van der Waals surface area (Å²) in [5.74, 6) is 0.631. The number of pyridine rings is 1. The monoisotopic (exact) mass is 444 g/mol. The zero-order valence-corrected chi connectivity index (χ0v) is 17.7. The molecule has 0 radical (unpaired) electrons. The fraction of sp³-hybridized carbons (Fsp3) is 0.238. The van der Waals surface area contributed by atoms with Crippen molar-refractivity contribution in [1.82, 2.24) is 29.5 Å². The number of halogens is 3. The van der Waals surface area contributed by atoms with Crippen molar-refractivity contribution in [2.45, 2.75) is 37.5 Å². The van der Waals surface area contributed by atoms with Crippen LogP contribution in [0.15, 0.2) is 60.0 Å². The van der Waals surface area contributed by atoms with E-state index >= 15 is 0 Å². The molecule has 0 aliphatic heterocycles. The molecule has 0 unspecified atom stereocenters. The van der Waals surface area contributed by atoms with Crippen LogP contribution in [0.5, 0.6) is 0 Å². The number of hydrogen-bond donors (Lipinski definition) is 0. The maximum absolute atomic E-state index is 13.2. The topological polar surface area (TPSA) is 61.4 Å². The summed E-state index contributed by atoms with van der Waals surface area (Å²) in [4.78, 5) is 3.90. The fourth-order valence-corrected chi connectivity index (χ4v) is 4.10. The summed E-state index contributed by atoms with van der Waals surface area (Å²) in [5.41, 5.74) is 4.39. The molecule has 0 spiro atoms. The second-order valence-corrected chi connectivity index (χ2v) is 7.98. The van der Waals surface area contributed by atoms with E-state index in [1.807, 2.05) is 48.9 Å². The number of thioether (sulfide) groups is 1. The summed E-state index contributed by atoms with van der Waals surface area (Å²) in [5, 5.41) is 12.7. The summed E-state index contributed by atoms with van der Waals surface area (Å²) in [6.07, 6.45) is -1.36. The zero-order valence-electron chi connectivity index (χ0n) is 16.8. The van der Waals surface area contributed by atoms with Crippen molar-refractivity contribution in [3.63, 3.8) is 0 Å². The summed E-state index contributed by atoms with van der Waals surface area (Å²) >= 11 is 1.22. The molecule has 0 amide bonds. The van der Waals surface area contributed by atoms with Crippen LogP contribution in [0.25, 0.3) is 17.1 Å². The van der Waals surface area contributed by atoms with Crippen LogP contribution in [0.2, 0.25) is 0 Å². The molecule has 0 atom stereocenters. The van der Waals surface area contributed by atoms with Crippen LogP contribution in [0.3, 0.4) is 0 Å². The Hall–Kier alpha value is -3.14. The first-order valence-corrected chi connectivity index (χ1v) is 10.4. The fourth-order valence-electron chi connectivity index (χ4n) is 3.20. The maximum Gasteiger partial charge on any atom is 0.406 e. The van der Waals surface area contributed by atoms with Gasteiger partial charge in [-0.1, -0.05) is 23.9 Å². The van der Waals surface area contributed by atoms with Crippen molar-refractivity contribution in [2.75, 3.05) is 0 Å². The Morgan fingerprint density at radius 2 is 1.68 bits per heavy atom. The lowest BCUT2D eigenvalue weighted by Crippen LogP contribution is -2.19. The highest BCUT2D eigenvalue weighted by atomic mass is 32.2. The molecule has 6 nitrogen and oxygen atoms in total. The number of hydrogen-bond acceptors (Lipinski definition) is 5. The van der Waals surface area contributed by atoms with Gasteiger partial charge in [-0.3, -0.25) is 9.55 Å². The van der Waals surface area contributed by atoms with E-state index in [4.69, 9.17) is 0 Å². The van der Waals surface area contributed by atoms with E-state index in [1.54, 1.807) is 12.1 Å². The first kappa shape index (κ1) is 21.1. The molecule has 3 heterocycles. The first-order chi connectivity index (χ1) is 14.8. The molecule has 0 aliphatic rings. The van der Waals surface area contributed by atoms with Crippen LogP contribution in [0.4, 0.5) is 13.2 Å². The van der Waals surface area contributed by atoms with Crippen LogP contribution in [0.1, 0.15) is 17.0 Å². The van der Waals surface area contributed by atoms with E-state index in [9.17, 15) is 13.2 Å². The summed E-state index contributed by atoms with van der Waals surface area (Å²) < 4.78 is 42.5. The van der Waals surface area contributed by atoms with Crippen LogP contribution >= 0.6 is 11.8 Å². The van der Waals surface area contributed by atoms with E-state index in [0.717, 1.165) is 27.2 Å². The highest BCUT2D eigenvalue weighted by Crippen LogP contribution is 2.30. The SMILES string of the molecule is Cc1cc(C)n(-c2ccc(CSc3nnc(-c4ccncc4)n3CC(F)(F)F)cc2)n1. The minimum absolute atomic E-state index is 0.169. The van der Waals surface area contributed by atoms with Gasteiger partial charge >= 0.3 is 6.18 Å². The Morgan fingerprint density at radius 1 is 0.968 bits per heavy atom. The average molecular weight is 444 g/mol. The maximum atomic E-state index is 13.2. The molecule has 4 aromatic rings. The number of nitrogens with zero attached hydrogens (tertiary/aromatic N) is 6. The number of benzene rings is 1. The highest BCUT2D eigenvalue weighted by molar-refractivity contribution is 7.98. The van der Waals surface area contributed by atoms with E-state index in [1.165, 1.54) is 24.2 Å². The number of alkyl halides is 3. The van der Waals surface area contributed by atoms with Crippen molar-refractivity contribution in [2.24, 2.45) is 0 Å². The van der Waals surface area contributed by atoms with Crippen LogP contribution in [-0.2, 0) is 12.3 Å². The first-order valence-electron chi connectivity index (χ1n) is 9.46. The van der Waals surface area contributed by atoms with Gasteiger partial charge in [0.2, 0.25) is 0 Å². The van der Waals surface area contributed by atoms with E-state index in [-0.39, 0.29) is 11.0 Å². The second-order valence-electron chi connectivity index (χ2n) is 7.04. The van der Waals surface area contributed by atoms with Gasteiger partial charge in [0, 0.05) is 29.4 Å². The lowest BCUT2D eigenvalue weighted by Gasteiger charge is -2.12. The smallest absolute Gasteiger partial charge is 0.293 e. The molecule has 3 aromatic heterocycles. The molecule has 31 heavy (non-hydrogen) atoms. The van der Waals surface area contributed by atoms with Crippen molar-refractivity contribution in [3.05, 3.63) is 71.8 Å². The molecular formula is C21H19F3N6S. The summed E-state index contributed by atoms with van der Waals surface area (Å²) in [7, 11) is 0. The van der Waals surface area contributed by atoms with Crippen molar-refractivity contribution >= 4 is 11.8 Å². The van der Waals surface area contributed by atoms with E-state index < -0.39 is 12.7 Å². The third-order valence-corrected chi connectivity index (χ3v) is 5.59. The molecule has 0 saturated carbocycles. The normalized spacial score (nSPS) is 11.8. The average Bonchev–Trinajstić information content (AvgIpc) is 3.28. The minimum atomic E-state index is -4.39.